The minimum atomic E-state index is -0.506. The maximum atomic E-state index is 11.9. The van der Waals surface area contributed by atoms with Gasteiger partial charge in [0.15, 0.2) is 23.9 Å². The van der Waals surface area contributed by atoms with Gasteiger partial charge in [-0.1, -0.05) is 6.92 Å². The first-order valence-corrected chi connectivity index (χ1v) is 7.36. The molecule has 0 spiro atoms. The summed E-state index contributed by atoms with van der Waals surface area (Å²) in [6.07, 6.45) is 0.803. The van der Waals surface area contributed by atoms with Crippen LogP contribution < -0.4 is 14.8 Å². The number of esters is 1. The van der Waals surface area contributed by atoms with E-state index in [-0.39, 0.29) is 31.1 Å². The fourth-order valence-electron chi connectivity index (χ4n) is 2.42. The summed E-state index contributed by atoms with van der Waals surface area (Å²) in [4.78, 5) is 35.3. The van der Waals surface area contributed by atoms with Gasteiger partial charge in [0.1, 0.15) is 0 Å². The molecule has 1 N–H and O–H groups in total. The van der Waals surface area contributed by atoms with E-state index in [2.05, 4.69) is 5.32 Å². The summed E-state index contributed by atoms with van der Waals surface area (Å²) in [6, 6.07) is 3.06. The maximum absolute atomic E-state index is 11.9. The van der Waals surface area contributed by atoms with Crippen LogP contribution in [0.5, 0.6) is 11.5 Å². The van der Waals surface area contributed by atoms with E-state index in [1.54, 1.807) is 0 Å². The van der Waals surface area contributed by atoms with Crippen molar-refractivity contribution in [1.29, 1.82) is 0 Å². The Morgan fingerprint density at radius 3 is 2.52 bits per heavy atom. The molecule has 1 heterocycles. The van der Waals surface area contributed by atoms with E-state index in [0.717, 1.165) is 6.42 Å². The number of amides is 1. The van der Waals surface area contributed by atoms with Gasteiger partial charge < -0.3 is 19.5 Å². The summed E-state index contributed by atoms with van der Waals surface area (Å²) < 4.78 is 15.4. The molecule has 7 heteroatoms. The monoisotopic (exact) mass is 319 g/mol. The molecule has 1 aromatic carbocycles. The minimum Gasteiger partial charge on any atom is -0.455 e. The highest BCUT2D eigenvalue weighted by molar-refractivity contribution is 6.05. The van der Waals surface area contributed by atoms with Crippen LogP contribution in [0, 0.1) is 11.8 Å². The second-order valence-corrected chi connectivity index (χ2v) is 5.78. The highest BCUT2D eigenvalue weighted by Gasteiger charge is 2.40. The lowest BCUT2D eigenvalue weighted by atomic mass is 10.1. The standard InChI is InChI=1S/C16H17NO6/c1-8-3-10(8)16(20)21-6-15(19)17-12-5-14-13(22-7-23-14)4-11(12)9(2)18/h4-5,8,10H,3,6-7H2,1-2H3,(H,17,19)/t8-,10+/m1/s1. The molecule has 0 radical (unpaired) electrons. The van der Waals surface area contributed by atoms with Gasteiger partial charge >= 0.3 is 5.97 Å². The van der Waals surface area contributed by atoms with Crippen LogP contribution in [0.25, 0.3) is 0 Å². The van der Waals surface area contributed by atoms with Gasteiger partial charge in [-0.3, -0.25) is 14.4 Å². The maximum Gasteiger partial charge on any atom is 0.309 e. The molecular weight excluding hydrogens is 302 g/mol. The van der Waals surface area contributed by atoms with Crippen molar-refractivity contribution in [3.63, 3.8) is 0 Å². The van der Waals surface area contributed by atoms with E-state index in [0.29, 0.717) is 28.7 Å². The molecule has 122 valence electrons. The van der Waals surface area contributed by atoms with Crippen LogP contribution in [0.3, 0.4) is 0 Å². The van der Waals surface area contributed by atoms with Crippen LogP contribution in [0.4, 0.5) is 5.69 Å². The molecule has 0 aromatic heterocycles. The lowest BCUT2D eigenvalue weighted by Gasteiger charge is -2.11. The normalized spacial score (nSPS) is 20.8. The number of benzene rings is 1. The molecule has 0 saturated heterocycles. The van der Waals surface area contributed by atoms with Gasteiger partial charge in [0.25, 0.3) is 5.91 Å². The Kier molecular flexibility index (Phi) is 3.94. The second-order valence-electron chi connectivity index (χ2n) is 5.78. The van der Waals surface area contributed by atoms with Gasteiger partial charge in [-0.05, 0) is 25.3 Å². The Morgan fingerprint density at radius 2 is 1.91 bits per heavy atom. The number of ketones is 1. The van der Waals surface area contributed by atoms with Gasteiger partial charge in [-0.25, -0.2) is 0 Å². The van der Waals surface area contributed by atoms with E-state index in [1.165, 1.54) is 19.1 Å². The minimum absolute atomic E-state index is 0.0707. The molecule has 1 aliphatic carbocycles. The molecule has 3 rings (SSSR count). The van der Waals surface area contributed by atoms with Gasteiger partial charge in [-0.2, -0.15) is 0 Å². The molecule has 0 unspecified atom stereocenters. The predicted molar refractivity (Wildman–Crippen MR) is 79.4 cm³/mol. The number of hydrogen-bond donors (Lipinski definition) is 1. The molecule has 1 saturated carbocycles. The van der Waals surface area contributed by atoms with Crippen molar-refractivity contribution < 1.29 is 28.6 Å². The molecule has 2 atom stereocenters. The molecule has 23 heavy (non-hydrogen) atoms. The van der Waals surface area contributed by atoms with Crippen LogP contribution >= 0.6 is 0 Å². The predicted octanol–water partition coefficient (Wildman–Crippen LogP) is 1.76. The van der Waals surface area contributed by atoms with Gasteiger partial charge in [0, 0.05) is 11.6 Å². The number of hydrogen-bond acceptors (Lipinski definition) is 6. The number of carbonyl (C=O) groups is 3. The molecule has 1 aliphatic heterocycles. The zero-order chi connectivity index (χ0) is 16.6. The van der Waals surface area contributed by atoms with Crippen molar-refractivity contribution >= 4 is 23.3 Å². The number of anilines is 1. The lowest BCUT2D eigenvalue weighted by molar-refractivity contribution is -0.148. The van der Waals surface area contributed by atoms with E-state index in [4.69, 9.17) is 14.2 Å². The zero-order valence-electron chi connectivity index (χ0n) is 12.9. The van der Waals surface area contributed by atoms with Gasteiger partial charge in [-0.15, -0.1) is 0 Å². The molecular formula is C16H17NO6. The van der Waals surface area contributed by atoms with E-state index >= 15 is 0 Å². The third kappa shape index (κ3) is 3.28. The van der Waals surface area contributed by atoms with Crippen LogP contribution in [-0.4, -0.2) is 31.1 Å². The fourth-order valence-corrected chi connectivity index (χ4v) is 2.42. The molecule has 2 aliphatic rings. The zero-order valence-corrected chi connectivity index (χ0v) is 12.9. The number of carbonyl (C=O) groups excluding carboxylic acids is 3. The number of ether oxygens (including phenoxy) is 3. The van der Waals surface area contributed by atoms with Crippen molar-refractivity contribution in [2.24, 2.45) is 11.8 Å². The van der Waals surface area contributed by atoms with Crippen LogP contribution in [0.2, 0.25) is 0 Å². The van der Waals surface area contributed by atoms with Crippen molar-refractivity contribution in [2.45, 2.75) is 20.3 Å². The number of fused-ring (bicyclic) bond motifs is 1. The number of nitrogens with one attached hydrogen (secondary N) is 1. The second kappa shape index (κ2) is 5.91. The summed E-state index contributed by atoms with van der Waals surface area (Å²) in [5.74, 6) is 0.0573. The largest absolute Gasteiger partial charge is 0.455 e. The average Bonchev–Trinajstić information content (AvgIpc) is 3.06. The van der Waals surface area contributed by atoms with Crippen molar-refractivity contribution in [2.75, 3.05) is 18.7 Å². The highest BCUT2D eigenvalue weighted by Crippen LogP contribution is 2.39. The first kappa shape index (κ1) is 15.3. The Hall–Kier alpha value is -2.57. The molecule has 0 bridgehead atoms. The van der Waals surface area contributed by atoms with E-state index < -0.39 is 5.91 Å². The van der Waals surface area contributed by atoms with Crippen LogP contribution in [0.1, 0.15) is 30.6 Å². The summed E-state index contributed by atoms with van der Waals surface area (Å²) in [6.45, 7) is 3.04. The Balaban J connectivity index is 1.65. The van der Waals surface area contributed by atoms with Crippen LogP contribution in [0.15, 0.2) is 12.1 Å². The fraction of sp³-hybridized carbons (Fsp3) is 0.438. The molecule has 7 nitrogen and oxygen atoms in total. The van der Waals surface area contributed by atoms with E-state index in [1.807, 2.05) is 6.92 Å². The third-order valence-corrected chi connectivity index (χ3v) is 3.92. The summed E-state index contributed by atoms with van der Waals surface area (Å²) >= 11 is 0. The summed E-state index contributed by atoms with van der Waals surface area (Å²) in [5.41, 5.74) is 0.618. The van der Waals surface area contributed by atoms with Crippen molar-refractivity contribution in [3.8, 4) is 11.5 Å². The highest BCUT2D eigenvalue weighted by atomic mass is 16.7. The topological polar surface area (TPSA) is 90.9 Å². The Morgan fingerprint density at radius 1 is 1.26 bits per heavy atom. The number of Topliss-reactive ketones (excluding diaryl/α,β-unsaturated/α-hetero) is 1. The quantitative estimate of drug-likeness (QED) is 0.657. The van der Waals surface area contributed by atoms with Crippen LogP contribution in [-0.2, 0) is 14.3 Å². The third-order valence-electron chi connectivity index (χ3n) is 3.92. The first-order valence-electron chi connectivity index (χ1n) is 7.36. The van der Waals surface area contributed by atoms with Crippen molar-refractivity contribution in [3.05, 3.63) is 17.7 Å². The Labute approximate surface area is 132 Å². The lowest BCUT2D eigenvalue weighted by Crippen LogP contribution is -2.22. The van der Waals surface area contributed by atoms with Gasteiger partial charge in [0.2, 0.25) is 6.79 Å². The van der Waals surface area contributed by atoms with E-state index in [9.17, 15) is 14.4 Å². The van der Waals surface area contributed by atoms with Crippen molar-refractivity contribution in [1.82, 2.24) is 0 Å². The SMILES string of the molecule is CC(=O)c1cc2c(cc1NC(=O)COC(=O)[C@H]1C[C@H]1C)OCO2. The molecule has 1 amide bonds. The molecule has 1 aromatic rings. The Bertz CT molecular complexity index is 683. The first-order chi connectivity index (χ1) is 11.0. The summed E-state index contributed by atoms with van der Waals surface area (Å²) in [7, 11) is 0. The molecule has 1 fully saturated rings. The smallest absolute Gasteiger partial charge is 0.309 e. The number of rotatable bonds is 5. The summed E-state index contributed by atoms with van der Waals surface area (Å²) in [5, 5.41) is 2.57. The average molecular weight is 319 g/mol. The van der Waals surface area contributed by atoms with Gasteiger partial charge in [0.05, 0.1) is 11.6 Å².